The first-order chi connectivity index (χ1) is 13.2. The molecule has 0 atom stereocenters. The van der Waals surface area contributed by atoms with Gasteiger partial charge in [0.25, 0.3) is 5.91 Å². The number of rotatable bonds is 3. The summed E-state index contributed by atoms with van der Waals surface area (Å²) in [6, 6.07) is 12.5. The van der Waals surface area contributed by atoms with Crippen molar-refractivity contribution in [3.63, 3.8) is 0 Å². The summed E-state index contributed by atoms with van der Waals surface area (Å²) in [5, 5.41) is 7.16. The molecule has 4 rings (SSSR count). The van der Waals surface area contributed by atoms with Gasteiger partial charge in [0.1, 0.15) is 0 Å². The largest absolute Gasteiger partial charge is 0.459 e. The van der Waals surface area contributed by atoms with Crippen molar-refractivity contribution < 1.29 is 14.0 Å². The summed E-state index contributed by atoms with van der Waals surface area (Å²) in [4.78, 5) is 28.4. The van der Waals surface area contributed by atoms with Gasteiger partial charge in [-0.05, 0) is 30.3 Å². The predicted molar refractivity (Wildman–Crippen MR) is 98.8 cm³/mol. The number of hydrogen-bond donors (Lipinski definition) is 1. The zero-order chi connectivity index (χ0) is 18.6. The Morgan fingerprint density at radius 1 is 0.963 bits per heavy atom. The second kappa shape index (κ2) is 7.36. The minimum Gasteiger partial charge on any atom is -0.459 e. The molecule has 3 heterocycles. The summed E-state index contributed by atoms with van der Waals surface area (Å²) in [7, 11) is 0. The van der Waals surface area contributed by atoms with E-state index in [9.17, 15) is 9.59 Å². The van der Waals surface area contributed by atoms with Crippen LogP contribution in [-0.4, -0.2) is 57.7 Å². The average Bonchev–Trinajstić information content (AvgIpc) is 3.42. The summed E-state index contributed by atoms with van der Waals surface area (Å²) in [5.74, 6) is 0.171. The molecule has 0 aliphatic carbocycles. The molecule has 138 valence electrons. The van der Waals surface area contributed by atoms with E-state index in [4.69, 9.17) is 4.42 Å². The lowest BCUT2D eigenvalue weighted by atomic mass is 10.2. The molecule has 2 aromatic heterocycles. The van der Waals surface area contributed by atoms with E-state index < -0.39 is 0 Å². The van der Waals surface area contributed by atoms with Crippen molar-refractivity contribution in [3.8, 4) is 5.69 Å². The number of furan rings is 1. The number of nitrogens with zero attached hydrogens (tertiary/aromatic N) is 4. The van der Waals surface area contributed by atoms with Gasteiger partial charge in [0.2, 0.25) is 0 Å². The predicted octanol–water partition coefficient (Wildman–Crippen LogP) is 2.46. The van der Waals surface area contributed by atoms with Gasteiger partial charge < -0.3 is 19.5 Å². The van der Waals surface area contributed by atoms with Gasteiger partial charge in [-0.3, -0.25) is 4.79 Å². The Balaban J connectivity index is 1.39. The molecule has 0 spiro atoms. The molecule has 0 saturated carbocycles. The summed E-state index contributed by atoms with van der Waals surface area (Å²) < 4.78 is 6.86. The van der Waals surface area contributed by atoms with E-state index in [2.05, 4.69) is 10.4 Å². The highest BCUT2D eigenvalue weighted by atomic mass is 16.3. The summed E-state index contributed by atoms with van der Waals surface area (Å²) >= 11 is 0. The van der Waals surface area contributed by atoms with Crippen LogP contribution in [0.2, 0.25) is 0 Å². The van der Waals surface area contributed by atoms with Gasteiger partial charge in [-0.15, -0.1) is 0 Å². The van der Waals surface area contributed by atoms with Crippen LogP contribution in [0, 0.1) is 0 Å². The molecule has 3 amide bonds. The molecular weight excluding hydrogens is 346 g/mol. The third-order valence-electron chi connectivity index (χ3n) is 4.48. The van der Waals surface area contributed by atoms with Gasteiger partial charge in [-0.1, -0.05) is 12.1 Å². The first-order valence-corrected chi connectivity index (χ1v) is 8.70. The van der Waals surface area contributed by atoms with Gasteiger partial charge >= 0.3 is 6.03 Å². The third-order valence-corrected chi connectivity index (χ3v) is 4.48. The zero-order valence-corrected chi connectivity index (χ0v) is 14.6. The quantitative estimate of drug-likeness (QED) is 0.773. The van der Waals surface area contributed by atoms with Crippen molar-refractivity contribution in [2.75, 3.05) is 31.5 Å². The van der Waals surface area contributed by atoms with E-state index in [0.29, 0.717) is 37.6 Å². The number of carbonyl (C=O) groups excluding carboxylic acids is 2. The van der Waals surface area contributed by atoms with Crippen LogP contribution in [0.3, 0.4) is 0 Å². The number of carbonyl (C=O) groups is 2. The fourth-order valence-electron chi connectivity index (χ4n) is 3.05. The van der Waals surface area contributed by atoms with Crippen LogP contribution in [0.25, 0.3) is 5.69 Å². The number of para-hydroxylation sites is 2. The van der Waals surface area contributed by atoms with E-state index in [1.165, 1.54) is 6.26 Å². The number of urea groups is 1. The summed E-state index contributed by atoms with van der Waals surface area (Å²) in [5.41, 5.74) is 1.47. The molecule has 1 aliphatic rings. The minimum absolute atomic E-state index is 0.149. The molecule has 0 radical (unpaired) electrons. The molecule has 1 aromatic carbocycles. The number of piperazine rings is 1. The van der Waals surface area contributed by atoms with Crippen molar-refractivity contribution in [1.82, 2.24) is 19.6 Å². The molecule has 1 saturated heterocycles. The van der Waals surface area contributed by atoms with E-state index in [1.807, 2.05) is 36.5 Å². The Bertz CT molecular complexity index is 913. The van der Waals surface area contributed by atoms with Crippen molar-refractivity contribution in [2.24, 2.45) is 0 Å². The molecular formula is C19H19N5O3. The van der Waals surface area contributed by atoms with Crippen LogP contribution in [-0.2, 0) is 0 Å². The molecule has 0 unspecified atom stereocenters. The first kappa shape index (κ1) is 16.9. The van der Waals surface area contributed by atoms with E-state index in [0.717, 1.165) is 5.69 Å². The maximum Gasteiger partial charge on any atom is 0.322 e. The standard InChI is InChI=1S/C19H19N5O3/c25-18(17-7-3-14-27-17)22-10-12-23(13-11-22)19(26)21-15-5-1-2-6-16(15)24-9-4-8-20-24/h1-9,14H,10-13H2,(H,21,26). The van der Waals surface area contributed by atoms with Gasteiger partial charge in [-0.2, -0.15) is 5.10 Å². The number of amides is 3. The lowest BCUT2D eigenvalue weighted by molar-refractivity contribution is 0.0640. The number of hydrogen-bond acceptors (Lipinski definition) is 4. The van der Waals surface area contributed by atoms with E-state index in [1.54, 1.807) is 32.8 Å². The van der Waals surface area contributed by atoms with Crippen molar-refractivity contribution in [2.45, 2.75) is 0 Å². The molecule has 0 bridgehead atoms. The van der Waals surface area contributed by atoms with Crippen LogP contribution < -0.4 is 5.32 Å². The van der Waals surface area contributed by atoms with Crippen LogP contribution in [0.15, 0.2) is 65.5 Å². The molecule has 1 aliphatic heterocycles. The van der Waals surface area contributed by atoms with Gasteiger partial charge in [0.15, 0.2) is 5.76 Å². The monoisotopic (exact) mass is 365 g/mol. The molecule has 3 aromatic rings. The fourth-order valence-corrected chi connectivity index (χ4v) is 3.05. The van der Waals surface area contributed by atoms with E-state index >= 15 is 0 Å². The zero-order valence-electron chi connectivity index (χ0n) is 14.6. The van der Waals surface area contributed by atoms with Crippen LogP contribution >= 0.6 is 0 Å². The fraction of sp³-hybridized carbons (Fsp3) is 0.211. The van der Waals surface area contributed by atoms with Crippen LogP contribution in [0.5, 0.6) is 0 Å². The topological polar surface area (TPSA) is 83.6 Å². The van der Waals surface area contributed by atoms with E-state index in [-0.39, 0.29) is 11.9 Å². The Labute approximate surface area is 156 Å². The molecule has 8 heteroatoms. The highest BCUT2D eigenvalue weighted by Crippen LogP contribution is 2.20. The Hall–Kier alpha value is -3.55. The van der Waals surface area contributed by atoms with Gasteiger partial charge in [0.05, 0.1) is 17.6 Å². The number of aromatic nitrogens is 2. The Kier molecular flexibility index (Phi) is 4.61. The molecule has 8 nitrogen and oxygen atoms in total. The number of anilines is 1. The van der Waals surface area contributed by atoms with Crippen molar-refractivity contribution in [3.05, 3.63) is 66.9 Å². The lowest BCUT2D eigenvalue weighted by Gasteiger charge is -2.34. The van der Waals surface area contributed by atoms with Crippen molar-refractivity contribution in [1.29, 1.82) is 0 Å². The first-order valence-electron chi connectivity index (χ1n) is 8.70. The lowest BCUT2D eigenvalue weighted by Crippen LogP contribution is -2.51. The van der Waals surface area contributed by atoms with Gasteiger partial charge in [0, 0.05) is 38.6 Å². The highest BCUT2D eigenvalue weighted by Gasteiger charge is 2.26. The Morgan fingerprint density at radius 3 is 2.44 bits per heavy atom. The second-order valence-electron chi connectivity index (χ2n) is 6.15. The SMILES string of the molecule is O=C(Nc1ccccc1-n1cccn1)N1CCN(C(=O)c2ccco2)CC1. The normalized spacial score (nSPS) is 14.2. The molecule has 1 fully saturated rings. The number of benzene rings is 1. The maximum absolute atomic E-state index is 12.7. The molecule has 1 N–H and O–H groups in total. The van der Waals surface area contributed by atoms with Crippen LogP contribution in [0.1, 0.15) is 10.6 Å². The number of nitrogens with one attached hydrogen (secondary N) is 1. The van der Waals surface area contributed by atoms with Crippen molar-refractivity contribution >= 4 is 17.6 Å². The summed E-state index contributed by atoms with van der Waals surface area (Å²) in [6.07, 6.45) is 4.99. The second-order valence-corrected chi connectivity index (χ2v) is 6.15. The summed E-state index contributed by atoms with van der Waals surface area (Å²) in [6.45, 7) is 1.85. The minimum atomic E-state index is -0.195. The highest BCUT2D eigenvalue weighted by molar-refractivity contribution is 5.93. The Morgan fingerprint density at radius 2 is 1.74 bits per heavy atom. The maximum atomic E-state index is 12.7. The third kappa shape index (κ3) is 3.55. The van der Waals surface area contributed by atoms with Gasteiger partial charge in [-0.25, -0.2) is 9.48 Å². The smallest absolute Gasteiger partial charge is 0.322 e. The average molecular weight is 365 g/mol. The van der Waals surface area contributed by atoms with Crippen LogP contribution in [0.4, 0.5) is 10.5 Å². The molecule has 27 heavy (non-hydrogen) atoms.